The molecule has 21 heavy (non-hydrogen) atoms. The van der Waals surface area contributed by atoms with Gasteiger partial charge in [0.25, 0.3) is 0 Å². The third-order valence-corrected chi connectivity index (χ3v) is 3.80. The van der Waals surface area contributed by atoms with Crippen LogP contribution in [0.3, 0.4) is 0 Å². The van der Waals surface area contributed by atoms with Crippen molar-refractivity contribution in [3.05, 3.63) is 33.9 Å². The lowest BCUT2D eigenvalue weighted by molar-refractivity contribution is 0.170. The number of aromatic nitrogens is 2. The maximum Gasteiger partial charge on any atom is 0.229 e. The molecule has 0 spiro atoms. The van der Waals surface area contributed by atoms with Gasteiger partial charge in [-0.25, -0.2) is 0 Å². The molecule has 1 unspecified atom stereocenters. The predicted molar refractivity (Wildman–Crippen MR) is 79.5 cm³/mol. The molecule has 2 N–H and O–H groups in total. The van der Waals surface area contributed by atoms with Crippen molar-refractivity contribution in [1.29, 1.82) is 0 Å². The van der Waals surface area contributed by atoms with Crippen molar-refractivity contribution < 1.29 is 14.0 Å². The maximum atomic E-state index is 6.23. The van der Waals surface area contributed by atoms with E-state index in [9.17, 15) is 0 Å². The Bertz CT molecular complexity index is 657. The number of rotatable bonds is 3. The Morgan fingerprint density at radius 1 is 1.24 bits per heavy atom. The first-order valence-electron chi connectivity index (χ1n) is 6.74. The zero-order valence-corrected chi connectivity index (χ0v) is 13.4. The van der Waals surface area contributed by atoms with Crippen LogP contribution in [0.4, 0.5) is 0 Å². The summed E-state index contributed by atoms with van der Waals surface area (Å²) in [7, 11) is 0. The minimum absolute atomic E-state index is 0.172. The third-order valence-electron chi connectivity index (χ3n) is 3.21. The number of benzene rings is 1. The normalized spacial score (nSPS) is 15.3. The van der Waals surface area contributed by atoms with Crippen LogP contribution in [-0.2, 0) is 0 Å². The van der Waals surface area contributed by atoms with Crippen LogP contribution in [0.2, 0.25) is 0 Å². The van der Waals surface area contributed by atoms with Crippen LogP contribution in [0.15, 0.2) is 21.1 Å². The number of halogens is 1. The van der Waals surface area contributed by atoms with E-state index in [4.69, 9.17) is 19.7 Å². The van der Waals surface area contributed by atoms with Crippen LogP contribution in [0.1, 0.15) is 43.1 Å². The SMILES string of the molecule is CC(C)c1nc(C(N)c2cc(Br)c3c(c2)OCCO3)no1. The molecule has 112 valence electrons. The first kappa shape index (κ1) is 14.3. The van der Waals surface area contributed by atoms with Gasteiger partial charge in [0, 0.05) is 5.92 Å². The molecule has 1 aromatic carbocycles. The van der Waals surface area contributed by atoms with E-state index in [2.05, 4.69) is 26.1 Å². The summed E-state index contributed by atoms with van der Waals surface area (Å²) in [4.78, 5) is 4.34. The second kappa shape index (κ2) is 5.65. The smallest absolute Gasteiger partial charge is 0.229 e. The molecule has 0 fully saturated rings. The molecule has 3 rings (SSSR count). The lowest BCUT2D eigenvalue weighted by atomic mass is 10.1. The Hall–Kier alpha value is -1.60. The van der Waals surface area contributed by atoms with E-state index in [1.165, 1.54) is 0 Å². The molecule has 1 aliphatic heterocycles. The number of ether oxygens (including phenoxy) is 2. The summed E-state index contributed by atoms with van der Waals surface area (Å²) in [5.74, 6) is 2.59. The fourth-order valence-corrected chi connectivity index (χ4v) is 2.64. The van der Waals surface area contributed by atoms with E-state index in [1.54, 1.807) is 0 Å². The molecular weight excluding hydrogens is 338 g/mol. The summed E-state index contributed by atoms with van der Waals surface area (Å²) in [5.41, 5.74) is 7.07. The van der Waals surface area contributed by atoms with Crippen molar-refractivity contribution in [2.24, 2.45) is 5.73 Å². The maximum absolute atomic E-state index is 6.23. The summed E-state index contributed by atoms with van der Waals surface area (Å²) < 4.78 is 17.2. The number of hydrogen-bond donors (Lipinski definition) is 1. The third kappa shape index (κ3) is 2.75. The van der Waals surface area contributed by atoms with Gasteiger partial charge in [0.1, 0.15) is 13.2 Å². The molecule has 1 aliphatic rings. The molecule has 0 radical (unpaired) electrons. The Kier molecular flexibility index (Phi) is 3.86. The van der Waals surface area contributed by atoms with Gasteiger partial charge in [-0.1, -0.05) is 19.0 Å². The van der Waals surface area contributed by atoms with Gasteiger partial charge in [0.2, 0.25) is 5.89 Å². The number of fused-ring (bicyclic) bond motifs is 1. The average Bonchev–Trinajstić information content (AvgIpc) is 2.96. The van der Waals surface area contributed by atoms with Crippen LogP contribution in [0.25, 0.3) is 0 Å². The summed E-state index contributed by atoms with van der Waals surface area (Å²) >= 11 is 3.48. The van der Waals surface area contributed by atoms with Crippen molar-refractivity contribution >= 4 is 15.9 Å². The summed E-state index contributed by atoms with van der Waals surface area (Å²) in [5, 5.41) is 3.96. The molecule has 1 atom stereocenters. The minimum Gasteiger partial charge on any atom is -0.486 e. The number of nitrogens with two attached hydrogens (primary N) is 1. The van der Waals surface area contributed by atoms with Crippen molar-refractivity contribution in [3.63, 3.8) is 0 Å². The highest BCUT2D eigenvalue weighted by atomic mass is 79.9. The fourth-order valence-electron chi connectivity index (χ4n) is 2.07. The quantitative estimate of drug-likeness (QED) is 0.913. The van der Waals surface area contributed by atoms with E-state index in [0.717, 1.165) is 10.0 Å². The van der Waals surface area contributed by atoms with Gasteiger partial charge in [-0.2, -0.15) is 4.98 Å². The monoisotopic (exact) mass is 353 g/mol. The number of nitrogens with zero attached hydrogens (tertiary/aromatic N) is 2. The zero-order valence-electron chi connectivity index (χ0n) is 11.8. The van der Waals surface area contributed by atoms with Crippen LogP contribution >= 0.6 is 15.9 Å². The van der Waals surface area contributed by atoms with Crippen molar-refractivity contribution in [3.8, 4) is 11.5 Å². The van der Waals surface area contributed by atoms with Crippen LogP contribution < -0.4 is 15.2 Å². The van der Waals surface area contributed by atoms with Crippen molar-refractivity contribution in [2.75, 3.05) is 13.2 Å². The van der Waals surface area contributed by atoms with Gasteiger partial charge < -0.3 is 19.7 Å². The molecule has 0 aliphatic carbocycles. The second-order valence-electron chi connectivity index (χ2n) is 5.15. The Labute approximate surface area is 130 Å². The van der Waals surface area contributed by atoms with E-state index < -0.39 is 6.04 Å². The fraction of sp³-hybridized carbons (Fsp3) is 0.429. The Balaban J connectivity index is 1.93. The molecule has 6 nitrogen and oxygen atoms in total. The Morgan fingerprint density at radius 2 is 2.00 bits per heavy atom. The topological polar surface area (TPSA) is 83.4 Å². The van der Waals surface area contributed by atoms with E-state index in [0.29, 0.717) is 36.4 Å². The van der Waals surface area contributed by atoms with E-state index in [-0.39, 0.29) is 5.92 Å². The van der Waals surface area contributed by atoms with Gasteiger partial charge in [-0.15, -0.1) is 0 Å². The molecule has 1 aromatic heterocycles. The standard InChI is InChI=1S/C14H16BrN3O3/c1-7(2)14-17-13(18-21-14)11(16)8-5-9(15)12-10(6-8)19-3-4-20-12/h5-7,11H,3-4,16H2,1-2H3. The zero-order chi connectivity index (χ0) is 15.0. The van der Waals surface area contributed by atoms with Crippen LogP contribution in [0.5, 0.6) is 11.5 Å². The van der Waals surface area contributed by atoms with Gasteiger partial charge in [-0.3, -0.25) is 0 Å². The summed E-state index contributed by atoms with van der Waals surface area (Å²) in [6.07, 6.45) is 0. The van der Waals surface area contributed by atoms with Crippen LogP contribution in [0, 0.1) is 0 Å². The van der Waals surface area contributed by atoms with E-state index in [1.807, 2.05) is 26.0 Å². The molecular formula is C14H16BrN3O3. The molecule has 0 amide bonds. The van der Waals surface area contributed by atoms with Gasteiger partial charge in [0.15, 0.2) is 17.3 Å². The number of hydrogen-bond acceptors (Lipinski definition) is 6. The first-order chi connectivity index (χ1) is 10.1. The molecule has 2 heterocycles. The largest absolute Gasteiger partial charge is 0.486 e. The average molecular weight is 354 g/mol. The lowest BCUT2D eigenvalue weighted by Gasteiger charge is -2.21. The summed E-state index contributed by atoms with van der Waals surface area (Å²) in [6, 6.07) is 3.27. The van der Waals surface area contributed by atoms with Gasteiger partial charge in [-0.05, 0) is 33.6 Å². The highest BCUT2D eigenvalue weighted by Gasteiger charge is 2.22. The van der Waals surface area contributed by atoms with Gasteiger partial charge in [0.05, 0.1) is 10.5 Å². The highest BCUT2D eigenvalue weighted by Crippen LogP contribution is 2.40. The lowest BCUT2D eigenvalue weighted by Crippen LogP contribution is -2.18. The summed E-state index contributed by atoms with van der Waals surface area (Å²) in [6.45, 7) is 5.05. The highest BCUT2D eigenvalue weighted by molar-refractivity contribution is 9.10. The van der Waals surface area contributed by atoms with Crippen molar-refractivity contribution in [2.45, 2.75) is 25.8 Å². The predicted octanol–water partition coefficient (Wildman–Crippen LogP) is 2.77. The van der Waals surface area contributed by atoms with Crippen LogP contribution in [-0.4, -0.2) is 23.4 Å². The van der Waals surface area contributed by atoms with Crippen molar-refractivity contribution in [1.82, 2.24) is 10.1 Å². The Morgan fingerprint density at radius 3 is 2.71 bits per heavy atom. The molecule has 2 aromatic rings. The first-order valence-corrected chi connectivity index (χ1v) is 7.53. The minimum atomic E-state index is -0.478. The second-order valence-corrected chi connectivity index (χ2v) is 6.00. The molecule has 0 bridgehead atoms. The molecule has 7 heteroatoms. The van der Waals surface area contributed by atoms with Gasteiger partial charge >= 0.3 is 0 Å². The molecule has 0 saturated carbocycles. The molecule has 0 saturated heterocycles. The van der Waals surface area contributed by atoms with E-state index >= 15 is 0 Å².